The van der Waals surface area contributed by atoms with E-state index in [0.717, 1.165) is 16.5 Å². The molecule has 0 saturated carbocycles. The van der Waals surface area contributed by atoms with Gasteiger partial charge in [0.2, 0.25) is 0 Å². The average molecular weight is 241 g/mol. The van der Waals surface area contributed by atoms with Gasteiger partial charge in [0, 0.05) is 10.9 Å². The summed E-state index contributed by atoms with van der Waals surface area (Å²) in [6.07, 6.45) is 1.32. The van der Waals surface area contributed by atoms with Gasteiger partial charge in [0.15, 0.2) is 0 Å². The monoisotopic (exact) mass is 240 g/mol. The van der Waals surface area contributed by atoms with E-state index in [1.165, 1.54) is 0 Å². The van der Waals surface area contributed by atoms with E-state index in [1.54, 1.807) is 0 Å². The Bertz CT molecular complexity index is 318. The van der Waals surface area contributed by atoms with E-state index in [1.807, 2.05) is 24.3 Å². The third-order valence-electron chi connectivity index (χ3n) is 2.13. The molecular formula is C10H9BrO2. The lowest BCUT2D eigenvalue weighted by molar-refractivity contribution is -0.141. The molecule has 0 spiro atoms. The van der Waals surface area contributed by atoms with Gasteiger partial charge in [-0.3, -0.25) is 4.79 Å². The fourth-order valence-electron chi connectivity index (χ4n) is 1.44. The number of rotatable bonds is 1. The number of carbonyl (C=O) groups excluding carboxylic acids is 1. The van der Waals surface area contributed by atoms with E-state index in [9.17, 15) is 4.79 Å². The Morgan fingerprint density at radius 1 is 1.31 bits per heavy atom. The van der Waals surface area contributed by atoms with E-state index in [0.29, 0.717) is 6.42 Å². The molecule has 13 heavy (non-hydrogen) atoms. The molecule has 0 radical (unpaired) electrons. The number of hydrogen-bond acceptors (Lipinski definition) is 2. The van der Waals surface area contributed by atoms with Crippen molar-refractivity contribution in [1.29, 1.82) is 0 Å². The molecular weight excluding hydrogens is 232 g/mol. The summed E-state index contributed by atoms with van der Waals surface area (Å²) in [6, 6.07) is 7.88. The third kappa shape index (κ3) is 1.91. The van der Waals surface area contributed by atoms with E-state index in [-0.39, 0.29) is 12.1 Å². The maximum atomic E-state index is 10.9. The van der Waals surface area contributed by atoms with Gasteiger partial charge in [-0.05, 0) is 24.1 Å². The van der Waals surface area contributed by atoms with E-state index in [4.69, 9.17) is 4.74 Å². The summed E-state index contributed by atoms with van der Waals surface area (Å²) >= 11 is 3.36. The van der Waals surface area contributed by atoms with Crippen molar-refractivity contribution in [2.45, 2.75) is 18.9 Å². The van der Waals surface area contributed by atoms with E-state index < -0.39 is 0 Å². The Morgan fingerprint density at radius 3 is 2.54 bits per heavy atom. The van der Waals surface area contributed by atoms with Crippen LogP contribution < -0.4 is 0 Å². The molecule has 2 rings (SSSR count). The fourth-order valence-corrected chi connectivity index (χ4v) is 1.70. The Labute approximate surface area is 85.0 Å². The lowest BCUT2D eigenvalue weighted by Crippen LogP contribution is -1.97. The third-order valence-corrected chi connectivity index (χ3v) is 2.65. The van der Waals surface area contributed by atoms with Crippen LogP contribution in [0, 0.1) is 0 Å². The zero-order valence-electron chi connectivity index (χ0n) is 7.00. The van der Waals surface area contributed by atoms with Crippen LogP contribution in [0.1, 0.15) is 24.5 Å². The molecule has 3 heteroatoms. The molecule has 1 aromatic rings. The number of hydrogen-bond donors (Lipinski definition) is 0. The van der Waals surface area contributed by atoms with Crippen LogP contribution in [0.2, 0.25) is 0 Å². The number of esters is 1. The summed E-state index contributed by atoms with van der Waals surface area (Å²) in [4.78, 5) is 10.9. The normalized spacial score (nSPS) is 21.6. The van der Waals surface area contributed by atoms with Crippen molar-refractivity contribution in [3.05, 3.63) is 34.3 Å². The Kier molecular flexibility index (Phi) is 2.36. The molecule has 0 aromatic heterocycles. The molecule has 1 fully saturated rings. The quantitative estimate of drug-likeness (QED) is 0.706. The smallest absolute Gasteiger partial charge is 0.306 e. The molecule has 1 aromatic carbocycles. The first-order chi connectivity index (χ1) is 6.25. The topological polar surface area (TPSA) is 26.3 Å². The van der Waals surface area contributed by atoms with E-state index in [2.05, 4.69) is 15.9 Å². The molecule has 1 aliphatic rings. The lowest BCUT2D eigenvalue weighted by Gasteiger charge is -2.08. The van der Waals surface area contributed by atoms with Crippen molar-refractivity contribution < 1.29 is 9.53 Å². The number of halogens is 1. The van der Waals surface area contributed by atoms with Gasteiger partial charge in [-0.25, -0.2) is 0 Å². The highest BCUT2D eigenvalue weighted by Crippen LogP contribution is 2.29. The second-order valence-corrected chi connectivity index (χ2v) is 3.98. The van der Waals surface area contributed by atoms with Crippen molar-refractivity contribution in [2.75, 3.05) is 0 Å². The van der Waals surface area contributed by atoms with Gasteiger partial charge in [-0.1, -0.05) is 28.1 Å². The average Bonchev–Trinajstić information content (AvgIpc) is 2.53. The van der Waals surface area contributed by atoms with E-state index >= 15 is 0 Å². The molecule has 1 atom stereocenters. The van der Waals surface area contributed by atoms with Crippen molar-refractivity contribution >= 4 is 21.9 Å². The second kappa shape index (κ2) is 3.50. The van der Waals surface area contributed by atoms with Gasteiger partial charge in [-0.2, -0.15) is 0 Å². The first-order valence-electron chi connectivity index (χ1n) is 4.20. The zero-order chi connectivity index (χ0) is 9.26. The minimum Gasteiger partial charge on any atom is -0.457 e. The molecule has 0 bridgehead atoms. The Hall–Kier alpha value is -0.830. The zero-order valence-corrected chi connectivity index (χ0v) is 8.58. The summed E-state index contributed by atoms with van der Waals surface area (Å²) in [5.74, 6) is -0.0899. The highest BCUT2D eigenvalue weighted by Gasteiger charge is 2.24. The number of cyclic esters (lactones) is 1. The molecule has 1 heterocycles. The van der Waals surface area contributed by atoms with Crippen molar-refractivity contribution in [1.82, 2.24) is 0 Å². The van der Waals surface area contributed by atoms with Crippen LogP contribution >= 0.6 is 15.9 Å². The molecule has 0 unspecified atom stereocenters. The van der Waals surface area contributed by atoms with Gasteiger partial charge in [-0.15, -0.1) is 0 Å². The van der Waals surface area contributed by atoms with Gasteiger partial charge in [0.05, 0.1) is 0 Å². The largest absolute Gasteiger partial charge is 0.457 e. The summed E-state index contributed by atoms with van der Waals surface area (Å²) in [6.45, 7) is 0. The van der Waals surface area contributed by atoms with Crippen LogP contribution in [0.15, 0.2) is 28.7 Å². The van der Waals surface area contributed by atoms with Crippen LogP contribution in [0.5, 0.6) is 0 Å². The van der Waals surface area contributed by atoms with Gasteiger partial charge in [0.25, 0.3) is 0 Å². The summed E-state index contributed by atoms with van der Waals surface area (Å²) in [5, 5.41) is 0. The van der Waals surface area contributed by atoms with Crippen LogP contribution in [0.25, 0.3) is 0 Å². The molecule has 68 valence electrons. The SMILES string of the molecule is O=C1CC[C@H](c2ccc(Br)cc2)O1. The van der Waals surface area contributed by atoms with Crippen LogP contribution in [-0.4, -0.2) is 5.97 Å². The maximum absolute atomic E-state index is 10.9. The van der Waals surface area contributed by atoms with Crippen LogP contribution in [0.3, 0.4) is 0 Å². The van der Waals surface area contributed by atoms with Gasteiger partial charge >= 0.3 is 5.97 Å². The molecule has 1 aliphatic heterocycles. The highest BCUT2D eigenvalue weighted by atomic mass is 79.9. The minimum atomic E-state index is -0.0899. The Morgan fingerprint density at radius 2 is 2.00 bits per heavy atom. The molecule has 0 N–H and O–H groups in total. The summed E-state index contributed by atoms with van der Waals surface area (Å²) in [7, 11) is 0. The number of ether oxygens (including phenoxy) is 1. The maximum Gasteiger partial charge on any atom is 0.306 e. The predicted octanol–water partition coefficient (Wildman–Crippen LogP) is 2.83. The van der Waals surface area contributed by atoms with Gasteiger partial charge in [0.1, 0.15) is 6.10 Å². The fraction of sp³-hybridized carbons (Fsp3) is 0.300. The summed E-state index contributed by atoms with van der Waals surface area (Å²) in [5.41, 5.74) is 1.08. The standard InChI is InChI=1S/C10H9BrO2/c11-8-3-1-7(2-4-8)9-5-6-10(12)13-9/h1-4,9H,5-6H2/t9-/m1/s1. The molecule has 2 nitrogen and oxygen atoms in total. The first-order valence-corrected chi connectivity index (χ1v) is 5.00. The number of benzene rings is 1. The predicted molar refractivity (Wildman–Crippen MR) is 52.2 cm³/mol. The van der Waals surface area contributed by atoms with Crippen molar-refractivity contribution in [3.63, 3.8) is 0 Å². The van der Waals surface area contributed by atoms with Crippen LogP contribution in [-0.2, 0) is 9.53 Å². The van der Waals surface area contributed by atoms with Crippen LogP contribution in [0.4, 0.5) is 0 Å². The highest BCUT2D eigenvalue weighted by molar-refractivity contribution is 9.10. The molecule has 0 amide bonds. The first kappa shape index (κ1) is 8.75. The number of carbonyl (C=O) groups is 1. The van der Waals surface area contributed by atoms with Crippen molar-refractivity contribution in [3.8, 4) is 0 Å². The summed E-state index contributed by atoms with van der Waals surface area (Å²) < 4.78 is 6.18. The van der Waals surface area contributed by atoms with Gasteiger partial charge < -0.3 is 4.74 Å². The lowest BCUT2D eigenvalue weighted by atomic mass is 10.1. The minimum absolute atomic E-state index is 0.0272. The second-order valence-electron chi connectivity index (χ2n) is 3.07. The van der Waals surface area contributed by atoms with Crippen molar-refractivity contribution in [2.24, 2.45) is 0 Å². The molecule has 0 aliphatic carbocycles. The Balaban J connectivity index is 2.17. The molecule has 1 saturated heterocycles.